The quantitative estimate of drug-likeness (QED) is 0.0351. The minimum atomic E-state index is -4.88. The van der Waals surface area contributed by atoms with E-state index in [1.54, 1.807) is 18.7 Å². The number of aliphatic carboxylic acids is 1. The van der Waals surface area contributed by atoms with Crippen LogP contribution in [0.5, 0.6) is 51.7 Å². The average Bonchev–Trinajstić information content (AvgIpc) is 0.766. The average molecular weight is 1810 g/mol. The highest BCUT2D eigenvalue weighted by Crippen LogP contribution is 2.51. The molecule has 6 aromatic carbocycles. The fraction of sp³-hybridized carbons (Fsp3) is 0.471. The number of phenolic OH excluding ortho intramolecular Hbond substituents is 3. The number of phenols is 3. The third-order valence-corrected chi connectivity index (χ3v) is 23.5. The number of primary amides is 1. The van der Waals surface area contributed by atoms with Crippen LogP contribution in [0.1, 0.15) is 131 Å². The summed E-state index contributed by atoms with van der Waals surface area (Å²) in [4.78, 5) is 135. The van der Waals surface area contributed by atoms with Gasteiger partial charge in [-0.25, -0.2) is 9.59 Å². The Morgan fingerprint density at radius 1 is 0.730 bits per heavy atom. The number of aromatic hydroxyl groups is 3. The SMILES string of the molecule is CC[C@H](CC(C)C)C(=O)N[C@H]1C(=O)CC(CC(N)=O)C(=O)NC2C(=O)C[C@H]3C(=O)N[C@H](C(=O)N[C@@H](C(=O)O)c4cc(O)cc(O)c4-c4cc3ccc4O)[C@H](O)c3ccc(c(Cl)c3)Oc3cc2cc(c3O[C@@H]2O[C@H](CO)[C@@H](O)[C@H](O)[C@H]2O[C@H]2C[C@](C)(NCCOCCN3CCN(C(=O)Nc4ccc(OC(F)(F)F)cc4)CC3)[C@H](O)[C@H](C)O2)Oc2ccc(cc2Cl)[C@H]1O. The van der Waals surface area contributed by atoms with Gasteiger partial charge in [-0.15, -0.1) is 13.2 Å². The number of piperazine rings is 1. The van der Waals surface area contributed by atoms with E-state index in [2.05, 4.69) is 41.5 Å². The Morgan fingerprint density at radius 3 is 1.99 bits per heavy atom. The molecule has 126 heavy (non-hydrogen) atoms. The number of carboxylic acid groups (broad SMARTS) is 1. The van der Waals surface area contributed by atoms with Gasteiger partial charge in [-0.2, -0.15) is 0 Å². The number of nitrogens with one attached hydrogen (secondary N) is 6. The van der Waals surface area contributed by atoms with Crippen LogP contribution >= 0.6 is 23.2 Å². The number of amides is 7. The number of aliphatic hydroxyl groups is 6. The van der Waals surface area contributed by atoms with Crippen LogP contribution in [-0.4, -0.2) is 246 Å². The van der Waals surface area contributed by atoms with E-state index in [0.717, 1.165) is 72.8 Å². The predicted octanol–water partition coefficient (Wildman–Crippen LogP) is 5.92. The molecule has 11 bridgehead atoms. The van der Waals surface area contributed by atoms with Crippen LogP contribution in [0.2, 0.25) is 10.0 Å². The largest absolute Gasteiger partial charge is 0.573 e. The molecule has 2 unspecified atom stereocenters. The van der Waals surface area contributed by atoms with Crippen molar-refractivity contribution < 1.29 is 145 Å². The van der Waals surface area contributed by atoms with Crippen molar-refractivity contribution in [1.82, 2.24) is 36.4 Å². The van der Waals surface area contributed by atoms with Gasteiger partial charge in [0.25, 0.3) is 0 Å². The molecular weight excluding hydrogens is 1710 g/mol. The van der Waals surface area contributed by atoms with Crippen molar-refractivity contribution in [3.63, 3.8) is 0 Å². The number of rotatable bonds is 22. The maximum absolute atomic E-state index is 16.4. The Kier molecular flexibility index (Phi) is 30.0. The summed E-state index contributed by atoms with van der Waals surface area (Å²) in [6, 6.07) is 9.63. The van der Waals surface area contributed by atoms with Crippen LogP contribution in [-0.2, 0) is 57.3 Å². The second-order valence-corrected chi connectivity index (χ2v) is 33.2. The Morgan fingerprint density at radius 2 is 1.38 bits per heavy atom. The number of ketones is 2. The number of aliphatic hydroxyl groups excluding tert-OH is 6. The van der Waals surface area contributed by atoms with Crippen molar-refractivity contribution in [2.75, 3.05) is 64.4 Å². The predicted molar refractivity (Wildman–Crippen MR) is 438 cm³/mol. The molecule has 6 aromatic rings. The number of carbonyl (C=O) groups is 9. The molecular formula is C85H98Cl2F3N9O27. The number of halogens is 5. The minimum absolute atomic E-state index is 0.0413. The third-order valence-electron chi connectivity index (χ3n) is 22.9. The van der Waals surface area contributed by atoms with Gasteiger partial charge in [-0.05, 0) is 134 Å². The maximum atomic E-state index is 16.4. The topological polar surface area (TPSA) is 534 Å². The minimum Gasteiger partial charge on any atom is -0.508 e. The molecule has 0 aliphatic carbocycles. The lowest BCUT2D eigenvalue weighted by molar-refractivity contribution is -0.334. The summed E-state index contributed by atoms with van der Waals surface area (Å²) < 4.78 is 87.5. The Hall–Kier alpha value is -10.8. The van der Waals surface area contributed by atoms with Crippen LogP contribution in [0.3, 0.4) is 0 Å². The molecule has 18 atom stereocenters. The van der Waals surface area contributed by atoms with Gasteiger partial charge in [0, 0.05) is 105 Å². The number of urea groups is 1. The van der Waals surface area contributed by atoms with Crippen molar-refractivity contribution in [3.05, 3.63) is 141 Å². The fourth-order valence-electron chi connectivity index (χ4n) is 16.2. The van der Waals surface area contributed by atoms with Crippen LogP contribution in [0.25, 0.3) is 11.1 Å². The smallest absolute Gasteiger partial charge is 0.508 e. The van der Waals surface area contributed by atoms with Gasteiger partial charge in [0.05, 0.1) is 53.9 Å². The van der Waals surface area contributed by atoms with Crippen LogP contribution in [0.4, 0.5) is 23.7 Å². The first kappa shape index (κ1) is 94.4. The maximum Gasteiger partial charge on any atom is 0.573 e. The number of nitrogens with zero attached hydrogens (tertiary/aromatic N) is 2. The molecule has 0 radical (unpaired) electrons. The molecule has 14 rings (SSSR count). The number of benzene rings is 6. The van der Waals surface area contributed by atoms with E-state index in [9.17, 15) is 88.2 Å². The first-order chi connectivity index (χ1) is 59.7. The number of carboxylic acids is 1. The molecule has 680 valence electrons. The molecule has 41 heteroatoms. The fourth-order valence-corrected chi connectivity index (χ4v) is 16.7. The number of ether oxygens (including phenoxy) is 8. The number of alkyl halides is 3. The van der Waals surface area contributed by atoms with Gasteiger partial charge >= 0.3 is 18.4 Å². The molecule has 8 aliphatic rings. The Labute approximate surface area is 728 Å². The first-order valence-electron chi connectivity index (χ1n) is 40.6. The summed E-state index contributed by atoms with van der Waals surface area (Å²) >= 11 is 14.3. The van der Waals surface area contributed by atoms with E-state index >= 15 is 19.2 Å². The van der Waals surface area contributed by atoms with E-state index in [-0.39, 0.29) is 71.7 Å². The number of Topliss-reactive ketones (excluding diaryl/α,β-unsaturated/α-hetero) is 2. The molecule has 3 fully saturated rings. The number of hydrogen-bond donors (Lipinski definition) is 17. The molecule has 36 nitrogen and oxygen atoms in total. The lowest BCUT2D eigenvalue weighted by Gasteiger charge is -2.48. The summed E-state index contributed by atoms with van der Waals surface area (Å²) in [5.74, 6) is -19.9. The van der Waals surface area contributed by atoms with Gasteiger partial charge in [0.2, 0.25) is 41.6 Å². The highest BCUT2D eigenvalue weighted by atomic mass is 35.5. The van der Waals surface area contributed by atoms with Gasteiger partial charge in [0.15, 0.2) is 41.5 Å². The molecule has 7 amide bonds. The van der Waals surface area contributed by atoms with Crippen LogP contribution in [0, 0.1) is 17.8 Å². The Bertz CT molecular complexity index is 5050. The van der Waals surface area contributed by atoms with Gasteiger partial charge in [-0.3, -0.25) is 38.5 Å². The highest BCUT2D eigenvalue weighted by Gasteiger charge is 2.53. The number of carbonyl (C=O) groups excluding carboxylic acids is 8. The summed E-state index contributed by atoms with van der Waals surface area (Å²) in [6.45, 7) is 10.1. The van der Waals surface area contributed by atoms with Crippen molar-refractivity contribution in [2.24, 2.45) is 23.5 Å². The second kappa shape index (κ2) is 40.1. The number of fused-ring (bicyclic) bond motifs is 15. The van der Waals surface area contributed by atoms with E-state index in [1.165, 1.54) is 37.3 Å². The zero-order valence-electron chi connectivity index (χ0n) is 68.6. The van der Waals surface area contributed by atoms with E-state index in [4.69, 9.17) is 62.1 Å². The molecule has 3 saturated heterocycles. The number of anilines is 1. The van der Waals surface area contributed by atoms with Crippen molar-refractivity contribution in [3.8, 4) is 62.9 Å². The summed E-state index contributed by atoms with van der Waals surface area (Å²) in [5, 5.41) is 132. The highest BCUT2D eigenvalue weighted by molar-refractivity contribution is 6.32. The van der Waals surface area contributed by atoms with Crippen molar-refractivity contribution in [2.45, 2.75) is 177 Å². The molecule has 8 heterocycles. The van der Waals surface area contributed by atoms with Gasteiger partial charge in [0.1, 0.15) is 83.1 Å². The number of hydrogen-bond acceptors (Lipinski definition) is 28. The van der Waals surface area contributed by atoms with Crippen LogP contribution < -0.4 is 56.6 Å². The summed E-state index contributed by atoms with van der Waals surface area (Å²) in [6.07, 6.45) is -25.4. The molecule has 18 N–H and O–H groups in total. The summed E-state index contributed by atoms with van der Waals surface area (Å²) in [7, 11) is 0. The monoisotopic (exact) mass is 1800 g/mol. The standard InChI is InChI=1S/C85H98Cl2F3N9O27/c1-6-40(25-38(2)3)77(112)96-68-56(104)29-45(32-63(91)106)78(113)94-66-44-30-60(121-58-15-8-42(70(68)107)27-52(58)86)74(61(31-44)122-59-16-9-43(28-53(59)87)71(108)69-80(115)95-67(81(116)117)51-33-47(101)34-55(103)65(51)50-26-41(7-14-54(50)102)49(35-57(66)105)79(114)97-69)125-82-75(73(110)72(109)62(37-100)123-82)124-64-36-84(5,76(111)39(4)120-64)92-17-23-119-24-22-98-18-20-99(21-19-98)83(118)93-46-10-12-48(13-11-46)126-85(88,89)90/h7-16,26-28,30-31,33-34,38-40,45,49,62,64,66-73,75-76,82,92,100-103,107-111H,6,17-25,29,32,35-37H2,1-5H3,(H2,91,106)(H,93,118)(H,94,113)(H,95,115)(H,96,112)(H,97,114)(H,116,117)/t39-,40+,45?,49+,62+,64-,66?,67+,68-,69-,70+,71+,72+,73-,75+,76+,82-,84-/m0/s1. The zero-order chi connectivity index (χ0) is 91.2. The molecule has 0 spiro atoms. The lowest BCUT2D eigenvalue weighted by atomic mass is 9.84. The van der Waals surface area contributed by atoms with Crippen molar-refractivity contribution >= 4 is 82.0 Å². The first-order valence-corrected chi connectivity index (χ1v) is 41.3. The number of nitrogens with two attached hydrogens (primary N) is 1. The van der Waals surface area contributed by atoms with Crippen molar-refractivity contribution in [1.29, 1.82) is 0 Å². The summed E-state index contributed by atoms with van der Waals surface area (Å²) in [5.41, 5.74) is 2.24. The molecule has 0 saturated carbocycles. The molecule has 8 aliphatic heterocycles. The van der Waals surface area contributed by atoms with E-state index in [1.807, 2.05) is 13.8 Å². The normalized spacial score (nSPS) is 27.0. The van der Waals surface area contributed by atoms with Gasteiger partial charge < -0.3 is 131 Å². The van der Waals surface area contributed by atoms with Gasteiger partial charge in [-0.1, -0.05) is 62.2 Å². The zero-order valence-corrected chi connectivity index (χ0v) is 70.1. The van der Waals surface area contributed by atoms with Crippen LogP contribution in [0.15, 0.2) is 103 Å². The van der Waals surface area contributed by atoms with E-state index in [0.29, 0.717) is 39.1 Å². The Balaban J connectivity index is 0.924. The molecule has 0 aromatic heterocycles. The third kappa shape index (κ3) is 22.1. The lowest BCUT2D eigenvalue weighted by Crippen LogP contribution is -2.65. The second-order valence-electron chi connectivity index (χ2n) is 32.3. The van der Waals surface area contributed by atoms with E-state index < -0.39 is 267 Å².